The highest BCUT2D eigenvalue weighted by Crippen LogP contribution is 2.34. The van der Waals surface area contributed by atoms with Crippen LogP contribution in [-0.4, -0.2) is 20.1 Å². The molecule has 0 spiro atoms. The fraction of sp³-hybridized carbons (Fsp3) is 0.529. The first kappa shape index (κ1) is 14.0. The van der Waals surface area contributed by atoms with Gasteiger partial charge >= 0.3 is 0 Å². The van der Waals surface area contributed by atoms with Gasteiger partial charge in [-0.1, -0.05) is 31.0 Å². The molecule has 1 aliphatic rings. The molecule has 1 unspecified atom stereocenters. The Morgan fingerprint density at radius 3 is 2.74 bits per heavy atom. The molecule has 2 rings (SSSR count). The van der Waals surface area contributed by atoms with Crippen molar-refractivity contribution >= 4 is 5.69 Å². The zero-order chi connectivity index (χ0) is 13.7. The van der Waals surface area contributed by atoms with E-state index in [0.717, 1.165) is 18.9 Å². The van der Waals surface area contributed by atoms with E-state index in [9.17, 15) is 0 Å². The second kappa shape index (κ2) is 6.63. The molecule has 2 nitrogen and oxygen atoms in total. The van der Waals surface area contributed by atoms with Crippen LogP contribution in [0.3, 0.4) is 0 Å². The summed E-state index contributed by atoms with van der Waals surface area (Å²) >= 11 is 0. The zero-order valence-electron chi connectivity index (χ0n) is 12.0. The van der Waals surface area contributed by atoms with Crippen LogP contribution in [0.1, 0.15) is 37.8 Å². The average molecular weight is 256 g/mol. The van der Waals surface area contributed by atoms with Gasteiger partial charge in [0.15, 0.2) is 0 Å². The van der Waals surface area contributed by atoms with Gasteiger partial charge in [-0.25, -0.2) is 0 Å². The largest absolute Gasteiger partial charge is 0.360 e. The van der Waals surface area contributed by atoms with Gasteiger partial charge in [0, 0.05) is 18.3 Å². The lowest BCUT2D eigenvalue weighted by atomic mass is 10.0. The topological polar surface area (TPSA) is 15.3 Å². The monoisotopic (exact) mass is 256 g/mol. The smallest absolute Gasteiger partial charge is 0.0791 e. The number of para-hydroxylation sites is 1. The Kier molecular flexibility index (Phi) is 4.87. The van der Waals surface area contributed by atoms with Gasteiger partial charge < -0.3 is 10.2 Å². The first-order valence-electron chi connectivity index (χ1n) is 7.24. The van der Waals surface area contributed by atoms with Gasteiger partial charge in [0.05, 0.1) is 6.54 Å². The fourth-order valence-corrected chi connectivity index (χ4v) is 2.62. The summed E-state index contributed by atoms with van der Waals surface area (Å²) in [6.07, 6.45) is 9.34. The molecule has 0 saturated heterocycles. The molecular formula is C17H24N2. The summed E-state index contributed by atoms with van der Waals surface area (Å²) in [6, 6.07) is 9.04. The van der Waals surface area contributed by atoms with Crippen LogP contribution in [0.15, 0.2) is 24.3 Å². The molecule has 1 fully saturated rings. The molecule has 0 aliphatic heterocycles. The molecule has 0 radical (unpaired) electrons. The van der Waals surface area contributed by atoms with Gasteiger partial charge in [-0.15, -0.1) is 6.42 Å². The molecule has 102 valence electrons. The highest BCUT2D eigenvalue weighted by atomic mass is 15.1. The molecule has 1 saturated carbocycles. The SMILES string of the molecule is C#CCN(CC1CC1)c1ccccc1C(CC)NC. The molecule has 0 amide bonds. The Morgan fingerprint density at radius 1 is 1.42 bits per heavy atom. The molecular weight excluding hydrogens is 232 g/mol. The number of anilines is 1. The van der Waals surface area contributed by atoms with E-state index in [0.29, 0.717) is 12.6 Å². The maximum atomic E-state index is 5.55. The number of hydrogen-bond donors (Lipinski definition) is 1. The Morgan fingerprint density at radius 2 is 2.16 bits per heavy atom. The molecule has 1 aromatic rings. The first-order valence-corrected chi connectivity index (χ1v) is 7.24. The van der Waals surface area contributed by atoms with Crippen LogP contribution in [0.4, 0.5) is 5.69 Å². The predicted molar refractivity (Wildman–Crippen MR) is 82.3 cm³/mol. The Balaban J connectivity index is 2.26. The van der Waals surface area contributed by atoms with Crippen molar-refractivity contribution < 1.29 is 0 Å². The van der Waals surface area contributed by atoms with Crippen molar-refractivity contribution in [3.8, 4) is 12.3 Å². The molecule has 1 atom stereocenters. The van der Waals surface area contributed by atoms with E-state index in [-0.39, 0.29) is 0 Å². The van der Waals surface area contributed by atoms with Crippen molar-refractivity contribution in [2.24, 2.45) is 5.92 Å². The summed E-state index contributed by atoms with van der Waals surface area (Å²) in [4.78, 5) is 2.37. The summed E-state index contributed by atoms with van der Waals surface area (Å²) < 4.78 is 0. The first-order chi connectivity index (χ1) is 9.30. The highest BCUT2D eigenvalue weighted by Gasteiger charge is 2.25. The van der Waals surface area contributed by atoms with Crippen LogP contribution in [0.2, 0.25) is 0 Å². The van der Waals surface area contributed by atoms with Crippen molar-refractivity contribution in [1.82, 2.24) is 5.32 Å². The highest BCUT2D eigenvalue weighted by molar-refractivity contribution is 5.56. The van der Waals surface area contributed by atoms with Gasteiger partial charge in [-0.05, 0) is 43.9 Å². The second-order valence-corrected chi connectivity index (χ2v) is 5.34. The van der Waals surface area contributed by atoms with Gasteiger partial charge in [0.1, 0.15) is 0 Å². The quantitative estimate of drug-likeness (QED) is 0.754. The van der Waals surface area contributed by atoms with Crippen molar-refractivity contribution in [1.29, 1.82) is 0 Å². The summed E-state index contributed by atoms with van der Waals surface area (Å²) in [5.41, 5.74) is 2.66. The average Bonchev–Trinajstić information content (AvgIpc) is 3.24. The minimum absolute atomic E-state index is 0.399. The maximum absolute atomic E-state index is 5.55. The number of nitrogens with zero attached hydrogens (tertiary/aromatic N) is 1. The van der Waals surface area contributed by atoms with E-state index < -0.39 is 0 Å². The van der Waals surface area contributed by atoms with Crippen LogP contribution in [0.5, 0.6) is 0 Å². The van der Waals surface area contributed by atoms with E-state index >= 15 is 0 Å². The molecule has 0 aromatic heterocycles. The Hall–Kier alpha value is -1.46. The fourth-order valence-electron chi connectivity index (χ4n) is 2.62. The molecule has 2 heteroatoms. The van der Waals surface area contributed by atoms with Crippen LogP contribution in [-0.2, 0) is 0 Å². The third-order valence-electron chi connectivity index (χ3n) is 3.87. The number of hydrogen-bond acceptors (Lipinski definition) is 2. The lowest BCUT2D eigenvalue weighted by Gasteiger charge is -2.28. The van der Waals surface area contributed by atoms with E-state index in [4.69, 9.17) is 6.42 Å². The Bertz CT molecular complexity index is 439. The lowest BCUT2D eigenvalue weighted by molar-refractivity contribution is 0.574. The van der Waals surface area contributed by atoms with Gasteiger partial charge in [0.2, 0.25) is 0 Å². The van der Waals surface area contributed by atoms with Crippen LogP contribution in [0, 0.1) is 18.3 Å². The summed E-state index contributed by atoms with van der Waals surface area (Å²) in [7, 11) is 2.03. The molecule has 1 aromatic carbocycles. The third kappa shape index (κ3) is 3.52. The van der Waals surface area contributed by atoms with Crippen LogP contribution < -0.4 is 10.2 Å². The minimum Gasteiger partial charge on any atom is -0.360 e. The predicted octanol–water partition coefficient (Wildman–Crippen LogP) is 3.21. The van der Waals surface area contributed by atoms with Gasteiger partial charge in [0.25, 0.3) is 0 Å². The molecule has 1 N–H and O–H groups in total. The number of terminal acetylenes is 1. The number of rotatable bonds is 7. The summed E-state index contributed by atoms with van der Waals surface area (Å²) in [5.74, 6) is 3.65. The van der Waals surface area contributed by atoms with Gasteiger partial charge in [-0.2, -0.15) is 0 Å². The van der Waals surface area contributed by atoms with Crippen LogP contribution >= 0.6 is 0 Å². The van der Waals surface area contributed by atoms with Crippen molar-refractivity contribution in [2.75, 3.05) is 25.0 Å². The molecule has 19 heavy (non-hydrogen) atoms. The van der Waals surface area contributed by atoms with Crippen molar-refractivity contribution in [2.45, 2.75) is 32.2 Å². The standard InChI is InChI=1S/C17H24N2/c1-4-12-19(13-14-10-11-14)17-9-7-6-8-15(17)16(5-2)18-3/h1,6-9,14,16,18H,5,10-13H2,2-3H3. The van der Waals surface area contributed by atoms with E-state index in [1.54, 1.807) is 0 Å². The molecule has 0 heterocycles. The molecule has 0 bridgehead atoms. The summed E-state index contributed by atoms with van der Waals surface area (Å²) in [6.45, 7) is 4.01. The normalized spacial score (nSPS) is 15.8. The Labute approximate surface area is 117 Å². The summed E-state index contributed by atoms with van der Waals surface area (Å²) in [5, 5.41) is 3.40. The van der Waals surface area contributed by atoms with Gasteiger partial charge in [-0.3, -0.25) is 0 Å². The van der Waals surface area contributed by atoms with Crippen molar-refractivity contribution in [3.05, 3.63) is 29.8 Å². The number of benzene rings is 1. The molecule has 1 aliphatic carbocycles. The second-order valence-electron chi connectivity index (χ2n) is 5.34. The third-order valence-corrected chi connectivity index (χ3v) is 3.87. The zero-order valence-corrected chi connectivity index (χ0v) is 12.0. The van der Waals surface area contributed by atoms with Crippen molar-refractivity contribution in [3.63, 3.8) is 0 Å². The number of nitrogens with one attached hydrogen (secondary N) is 1. The van der Waals surface area contributed by atoms with E-state index in [2.05, 4.69) is 47.3 Å². The van der Waals surface area contributed by atoms with E-state index in [1.807, 2.05) is 7.05 Å². The maximum Gasteiger partial charge on any atom is 0.0791 e. The lowest BCUT2D eigenvalue weighted by Crippen LogP contribution is -2.28. The van der Waals surface area contributed by atoms with E-state index in [1.165, 1.54) is 24.1 Å². The minimum atomic E-state index is 0.399. The van der Waals surface area contributed by atoms with Crippen LogP contribution in [0.25, 0.3) is 0 Å².